The van der Waals surface area contributed by atoms with Crippen LogP contribution < -0.4 is 20.9 Å². The molecule has 0 saturated heterocycles. The molecule has 0 aliphatic rings. The van der Waals surface area contributed by atoms with Crippen LogP contribution in [0.5, 0.6) is 0 Å². The minimum absolute atomic E-state index is 0.509. The third-order valence-electron chi connectivity index (χ3n) is 4.16. The van der Waals surface area contributed by atoms with Crippen molar-refractivity contribution in [2.75, 3.05) is 47.0 Å². The van der Waals surface area contributed by atoms with Crippen LogP contribution in [-0.2, 0) is 0 Å². The fraction of sp³-hybridized carbons (Fsp3) is 0.500. The van der Waals surface area contributed by atoms with Crippen LogP contribution in [-0.4, -0.2) is 41.1 Å². The number of nitrogens with two attached hydrogens (primary N) is 1. The fourth-order valence-corrected chi connectivity index (χ4v) is 2.62. The monoisotopic (exact) mass is 343 g/mol. The maximum Gasteiger partial charge on any atom is 0.233 e. The summed E-state index contributed by atoms with van der Waals surface area (Å²) in [4.78, 5) is 18.1. The van der Waals surface area contributed by atoms with Crippen LogP contribution in [0.15, 0.2) is 18.2 Å². The molecule has 0 bridgehead atoms. The van der Waals surface area contributed by atoms with Gasteiger partial charge in [0.2, 0.25) is 17.8 Å². The number of hydrogen-bond acceptors (Lipinski definition) is 7. The van der Waals surface area contributed by atoms with E-state index in [1.165, 1.54) is 0 Å². The lowest BCUT2D eigenvalue weighted by Gasteiger charge is -2.23. The molecule has 0 radical (unpaired) electrons. The van der Waals surface area contributed by atoms with Crippen molar-refractivity contribution in [3.8, 4) is 0 Å². The number of hydrogen-bond donors (Lipinski definition) is 2. The molecule has 0 aliphatic carbocycles. The topological polar surface area (TPSA) is 83.2 Å². The smallest absolute Gasteiger partial charge is 0.233 e. The molecule has 1 aromatic heterocycles. The molecule has 0 unspecified atom stereocenters. The number of aromatic nitrogens is 3. The van der Waals surface area contributed by atoms with Gasteiger partial charge in [-0.25, -0.2) is 0 Å². The molecule has 0 fully saturated rings. The zero-order chi connectivity index (χ0) is 18.4. The van der Waals surface area contributed by atoms with Crippen LogP contribution in [0.1, 0.15) is 33.3 Å². The maximum absolute atomic E-state index is 6.12. The molecule has 0 saturated carbocycles. The predicted octanol–water partition coefficient (Wildman–Crippen LogP) is 3.20. The summed E-state index contributed by atoms with van der Waals surface area (Å²) >= 11 is 0. The highest BCUT2D eigenvalue weighted by Gasteiger charge is 2.15. The number of nitrogens with zero attached hydrogens (tertiary/aromatic N) is 5. The van der Waals surface area contributed by atoms with Crippen LogP contribution in [0.4, 0.5) is 29.2 Å². The molecule has 2 rings (SSSR count). The Balaban J connectivity index is 2.44. The molecule has 2 aromatic rings. The summed E-state index contributed by atoms with van der Waals surface area (Å²) < 4.78 is 0. The largest absolute Gasteiger partial charge is 0.397 e. The van der Waals surface area contributed by atoms with E-state index in [-0.39, 0.29) is 0 Å². The molecule has 7 nitrogen and oxygen atoms in total. The number of nitrogens with one attached hydrogen (secondary N) is 1. The first-order valence-electron chi connectivity index (χ1n) is 8.91. The van der Waals surface area contributed by atoms with Crippen LogP contribution in [0.25, 0.3) is 0 Å². The van der Waals surface area contributed by atoms with Crippen molar-refractivity contribution < 1.29 is 0 Å². The van der Waals surface area contributed by atoms with Gasteiger partial charge in [0.15, 0.2) is 0 Å². The van der Waals surface area contributed by atoms with Gasteiger partial charge < -0.3 is 20.9 Å². The van der Waals surface area contributed by atoms with Gasteiger partial charge in [0.05, 0.1) is 11.4 Å². The quantitative estimate of drug-likeness (QED) is 0.712. The lowest BCUT2D eigenvalue weighted by atomic mass is 10.2. The highest BCUT2D eigenvalue weighted by Crippen LogP contribution is 2.24. The molecule has 0 aliphatic heterocycles. The van der Waals surface area contributed by atoms with Gasteiger partial charge in [-0.2, -0.15) is 15.0 Å². The van der Waals surface area contributed by atoms with E-state index in [0.717, 1.165) is 37.4 Å². The Morgan fingerprint density at radius 3 is 1.84 bits per heavy atom. The van der Waals surface area contributed by atoms with Gasteiger partial charge in [-0.1, -0.05) is 6.07 Å². The second-order valence-corrected chi connectivity index (χ2v) is 5.82. The van der Waals surface area contributed by atoms with Crippen molar-refractivity contribution in [2.24, 2.45) is 0 Å². The Morgan fingerprint density at radius 2 is 1.40 bits per heavy atom. The highest BCUT2D eigenvalue weighted by atomic mass is 15.4. The van der Waals surface area contributed by atoms with Crippen LogP contribution in [0.3, 0.4) is 0 Å². The molecule has 0 amide bonds. The third-order valence-corrected chi connectivity index (χ3v) is 4.16. The van der Waals surface area contributed by atoms with Crippen LogP contribution >= 0.6 is 0 Å². The van der Waals surface area contributed by atoms with E-state index in [4.69, 9.17) is 5.73 Å². The Bertz CT molecular complexity index is 664. The van der Waals surface area contributed by atoms with Crippen LogP contribution in [0.2, 0.25) is 0 Å². The van der Waals surface area contributed by atoms with Gasteiger partial charge in [-0.05, 0) is 52.3 Å². The summed E-state index contributed by atoms with van der Waals surface area (Å²) in [7, 11) is 0. The van der Waals surface area contributed by atoms with Crippen molar-refractivity contribution in [2.45, 2.75) is 34.6 Å². The Labute approximate surface area is 150 Å². The number of benzene rings is 1. The SMILES string of the molecule is CCN(CC)c1nc(Nc2ccc(C)cc2N)nc(N(CC)CC)n1. The first-order valence-corrected chi connectivity index (χ1v) is 8.91. The highest BCUT2D eigenvalue weighted by molar-refractivity contribution is 5.71. The van der Waals surface area contributed by atoms with Gasteiger partial charge in [0, 0.05) is 26.2 Å². The molecule has 7 heteroatoms. The van der Waals surface area contributed by atoms with E-state index < -0.39 is 0 Å². The third kappa shape index (κ3) is 4.49. The summed E-state index contributed by atoms with van der Waals surface area (Å²) in [5, 5.41) is 3.25. The second kappa shape index (κ2) is 8.50. The molecule has 0 spiro atoms. The number of aryl methyl sites for hydroxylation is 1. The molecule has 1 aromatic carbocycles. The summed E-state index contributed by atoms with van der Waals surface area (Å²) in [5.74, 6) is 1.86. The van der Waals surface area contributed by atoms with Gasteiger partial charge in [0.1, 0.15) is 0 Å². The van der Waals surface area contributed by atoms with Gasteiger partial charge in [-0.15, -0.1) is 0 Å². The van der Waals surface area contributed by atoms with E-state index in [0.29, 0.717) is 23.5 Å². The lowest BCUT2D eigenvalue weighted by molar-refractivity contribution is 0.779. The van der Waals surface area contributed by atoms with Crippen molar-refractivity contribution >= 4 is 29.2 Å². The first-order chi connectivity index (χ1) is 12.0. The zero-order valence-electron chi connectivity index (χ0n) is 15.9. The fourth-order valence-electron chi connectivity index (χ4n) is 2.62. The molecule has 0 atom stereocenters. The number of anilines is 5. The second-order valence-electron chi connectivity index (χ2n) is 5.82. The minimum Gasteiger partial charge on any atom is -0.397 e. The van der Waals surface area contributed by atoms with Crippen molar-refractivity contribution in [3.05, 3.63) is 23.8 Å². The molecule has 1 heterocycles. The van der Waals surface area contributed by atoms with E-state index in [2.05, 4.69) is 57.8 Å². The molecule has 3 N–H and O–H groups in total. The van der Waals surface area contributed by atoms with Crippen LogP contribution in [0, 0.1) is 6.92 Å². The molecular formula is C18H29N7. The molecule has 136 valence electrons. The van der Waals surface area contributed by atoms with E-state index in [9.17, 15) is 0 Å². The maximum atomic E-state index is 6.12. The summed E-state index contributed by atoms with van der Waals surface area (Å²) in [5.41, 5.74) is 8.71. The zero-order valence-corrected chi connectivity index (χ0v) is 15.9. The van der Waals surface area contributed by atoms with Crippen molar-refractivity contribution in [3.63, 3.8) is 0 Å². The van der Waals surface area contributed by atoms with E-state index >= 15 is 0 Å². The normalized spacial score (nSPS) is 10.6. The van der Waals surface area contributed by atoms with E-state index in [1.807, 2.05) is 25.1 Å². The van der Waals surface area contributed by atoms with Gasteiger partial charge in [-0.3, -0.25) is 0 Å². The standard InChI is InChI=1S/C18H29N7/c1-6-24(7-2)17-21-16(22-18(23-17)25(8-3)9-4)20-15-11-10-13(5)12-14(15)19/h10-12H,6-9,19H2,1-5H3,(H,20,21,22,23). The first kappa shape index (κ1) is 18.8. The molecule has 25 heavy (non-hydrogen) atoms. The average Bonchev–Trinajstić information content (AvgIpc) is 2.60. The van der Waals surface area contributed by atoms with Gasteiger partial charge in [0.25, 0.3) is 0 Å². The predicted molar refractivity (Wildman–Crippen MR) is 106 cm³/mol. The van der Waals surface area contributed by atoms with Gasteiger partial charge >= 0.3 is 0 Å². The Morgan fingerprint density at radius 1 is 0.880 bits per heavy atom. The summed E-state index contributed by atoms with van der Waals surface area (Å²) in [6.45, 7) is 13.7. The summed E-state index contributed by atoms with van der Waals surface area (Å²) in [6, 6.07) is 5.89. The molecular weight excluding hydrogens is 314 g/mol. The average molecular weight is 343 g/mol. The van der Waals surface area contributed by atoms with Crippen molar-refractivity contribution in [1.29, 1.82) is 0 Å². The van der Waals surface area contributed by atoms with E-state index in [1.54, 1.807) is 0 Å². The minimum atomic E-state index is 0.509. The summed E-state index contributed by atoms with van der Waals surface area (Å²) in [6.07, 6.45) is 0. The Kier molecular flexibility index (Phi) is 6.38. The van der Waals surface area contributed by atoms with Crippen molar-refractivity contribution in [1.82, 2.24) is 15.0 Å². The lowest BCUT2D eigenvalue weighted by Crippen LogP contribution is -2.29. The number of nitrogen functional groups attached to an aromatic ring is 1. The number of rotatable bonds is 8. The Hall–Kier alpha value is -2.57.